The van der Waals surface area contributed by atoms with Crippen LogP contribution in [0.4, 0.5) is 10.1 Å². The Morgan fingerprint density at radius 2 is 2.12 bits per heavy atom. The average molecular weight is 239 g/mol. The minimum absolute atomic E-state index is 0.235. The van der Waals surface area contributed by atoms with Gasteiger partial charge in [-0.25, -0.2) is 4.39 Å². The van der Waals surface area contributed by atoms with Gasteiger partial charge in [0, 0.05) is 25.2 Å². The fourth-order valence-corrected chi connectivity index (χ4v) is 2.13. The summed E-state index contributed by atoms with van der Waals surface area (Å²) in [5.41, 5.74) is 1.87. The molecule has 0 aliphatic carbocycles. The van der Waals surface area contributed by atoms with E-state index in [1.165, 1.54) is 6.07 Å². The second kappa shape index (κ2) is 5.47. The van der Waals surface area contributed by atoms with Crippen LogP contribution in [0, 0.1) is 5.82 Å². The van der Waals surface area contributed by atoms with Crippen molar-refractivity contribution < 1.29 is 14.2 Å². The molecule has 0 aromatic heterocycles. The van der Waals surface area contributed by atoms with Gasteiger partial charge >= 0.3 is 0 Å². The Morgan fingerprint density at radius 3 is 2.76 bits per heavy atom. The van der Waals surface area contributed by atoms with Crippen molar-refractivity contribution >= 4 is 5.69 Å². The molecule has 4 heteroatoms. The Kier molecular flexibility index (Phi) is 3.97. The number of nitrogens with zero attached hydrogens (tertiary/aromatic N) is 1. The summed E-state index contributed by atoms with van der Waals surface area (Å²) in [6.07, 6.45) is 0.132. The van der Waals surface area contributed by atoms with Gasteiger partial charge in [0.15, 0.2) is 0 Å². The molecule has 0 spiro atoms. The summed E-state index contributed by atoms with van der Waals surface area (Å²) in [7, 11) is 0. The van der Waals surface area contributed by atoms with Gasteiger partial charge in [-0.2, -0.15) is 0 Å². The molecule has 1 saturated heterocycles. The Hall–Kier alpha value is -1.13. The van der Waals surface area contributed by atoms with Crippen molar-refractivity contribution in [3.8, 4) is 0 Å². The summed E-state index contributed by atoms with van der Waals surface area (Å²) < 4.78 is 18.6. The molecule has 94 valence electrons. The van der Waals surface area contributed by atoms with E-state index >= 15 is 0 Å². The third-order valence-corrected chi connectivity index (χ3v) is 2.91. The fraction of sp³-hybridized carbons (Fsp3) is 0.538. The molecule has 1 aromatic rings. The van der Waals surface area contributed by atoms with Crippen molar-refractivity contribution in [3.05, 3.63) is 29.6 Å². The lowest BCUT2D eigenvalue weighted by Gasteiger charge is -2.31. The second-order valence-corrected chi connectivity index (χ2v) is 4.43. The number of benzene rings is 1. The van der Waals surface area contributed by atoms with E-state index in [4.69, 9.17) is 4.74 Å². The van der Waals surface area contributed by atoms with E-state index in [1.807, 2.05) is 0 Å². The number of rotatable bonds is 3. The molecule has 0 amide bonds. The zero-order valence-electron chi connectivity index (χ0n) is 10.0. The number of anilines is 1. The van der Waals surface area contributed by atoms with Gasteiger partial charge in [-0.1, -0.05) is 6.07 Å². The zero-order valence-corrected chi connectivity index (χ0v) is 10.0. The van der Waals surface area contributed by atoms with Gasteiger partial charge in [0.1, 0.15) is 5.82 Å². The van der Waals surface area contributed by atoms with Crippen molar-refractivity contribution in [2.24, 2.45) is 0 Å². The van der Waals surface area contributed by atoms with Gasteiger partial charge in [0.2, 0.25) is 0 Å². The fourth-order valence-electron chi connectivity index (χ4n) is 2.13. The molecule has 0 bridgehead atoms. The predicted molar refractivity (Wildman–Crippen MR) is 64.8 cm³/mol. The van der Waals surface area contributed by atoms with Crippen LogP contribution in [-0.2, 0) is 11.2 Å². The van der Waals surface area contributed by atoms with Crippen molar-refractivity contribution in [1.82, 2.24) is 0 Å². The average Bonchev–Trinajstić information content (AvgIpc) is 2.32. The SMILES string of the molecule is CC(O)Cc1ccc(F)cc1N1CCOCC1. The molecule has 1 aliphatic heterocycles. The summed E-state index contributed by atoms with van der Waals surface area (Å²) >= 11 is 0. The van der Waals surface area contributed by atoms with Crippen molar-refractivity contribution in [2.75, 3.05) is 31.2 Å². The molecule has 1 unspecified atom stereocenters. The first-order chi connectivity index (χ1) is 8.16. The third-order valence-electron chi connectivity index (χ3n) is 2.91. The van der Waals surface area contributed by atoms with Crippen LogP contribution in [-0.4, -0.2) is 37.5 Å². The minimum Gasteiger partial charge on any atom is -0.393 e. The highest BCUT2D eigenvalue weighted by atomic mass is 19.1. The molecule has 0 saturated carbocycles. The van der Waals surface area contributed by atoms with Crippen LogP contribution in [0.15, 0.2) is 18.2 Å². The van der Waals surface area contributed by atoms with Crippen molar-refractivity contribution in [3.63, 3.8) is 0 Å². The van der Waals surface area contributed by atoms with Crippen LogP contribution in [0.5, 0.6) is 0 Å². The number of halogens is 1. The molecule has 1 N–H and O–H groups in total. The lowest BCUT2D eigenvalue weighted by Crippen LogP contribution is -2.37. The highest BCUT2D eigenvalue weighted by Crippen LogP contribution is 2.24. The van der Waals surface area contributed by atoms with Gasteiger partial charge in [0.25, 0.3) is 0 Å². The second-order valence-electron chi connectivity index (χ2n) is 4.43. The number of hydrogen-bond acceptors (Lipinski definition) is 3. The molecule has 1 atom stereocenters. The Labute approximate surface area is 101 Å². The summed E-state index contributed by atoms with van der Waals surface area (Å²) in [5.74, 6) is -0.235. The van der Waals surface area contributed by atoms with Gasteiger partial charge in [-0.15, -0.1) is 0 Å². The van der Waals surface area contributed by atoms with Crippen LogP contribution in [0.25, 0.3) is 0 Å². The molecular formula is C13H18FNO2. The van der Waals surface area contributed by atoms with E-state index in [9.17, 15) is 9.50 Å². The molecule has 1 aromatic carbocycles. The quantitative estimate of drug-likeness (QED) is 0.869. The van der Waals surface area contributed by atoms with E-state index in [1.54, 1.807) is 19.1 Å². The summed E-state index contributed by atoms with van der Waals surface area (Å²) in [6.45, 7) is 4.63. The van der Waals surface area contributed by atoms with Crippen LogP contribution in [0.3, 0.4) is 0 Å². The van der Waals surface area contributed by atoms with Gasteiger partial charge in [-0.05, 0) is 24.6 Å². The maximum absolute atomic E-state index is 13.3. The Balaban J connectivity index is 2.25. The maximum Gasteiger partial charge on any atom is 0.125 e. The van der Waals surface area contributed by atoms with Crippen molar-refractivity contribution in [1.29, 1.82) is 0 Å². The topological polar surface area (TPSA) is 32.7 Å². The first-order valence-electron chi connectivity index (χ1n) is 5.96. The zero-order chi connectivity index (χ0) is 12.3. The largest absolute Gasteiger partial charge is 0.393 e. The summed E-state index contributed by atoms with van der Waals surface area (Å²) in [6, 6.07) is 4.75. The first kappa shape index (κ1) is 12.3. The normalized spacial score (nSPS) is 18.2. The molecule has 2 rings (SSSR count). The maximum atomic E-state index is 13.3. The Morgan fingerprint density at radius 1 is 1.41 bits per heavy atom. The first-order valence-corrected chi connectivity index (χ1v) is 5.96. The highest BCUT2D eigenvalue weighted by molar-refractivity contribution is 5.54. The standard InChI is InChI=1S/C13H18FNO2/c1-10(16)8-11-2-3-12(14)9-13(11)15-4-6-17-7-5-15/h2-3,9-10,16H,4-8H2,1H3. The molecule has 17 heavy (non-hydrogen) atoms. The van der Waals surface area contributed by atoms with E-state index in [-0.39, 0.29) is 5.82 Å². The number of aliphatic hydroxyl groups is 1. The minimum atomic E-state index is -0.416. The summed E-state index contributed by atoms with van der Waals surface area (Å²) in [4.78, 5) is 2.12. The van der Waals surface area contributed by atoms with Crippen molar-refractivity contribution in [2.45, 2.75) is 19.4 Å². The van der Waals surface area contributed by atoms with E-state index < -0.39 is 6.10 Å². The molecule has 1 fully saturated rings. The van der Waals surface area contributed by atoms with Gasteiger partial charge in [0.05, 0.1) is 19.3 Å². The molecule has 3 nitrogen and oxygen atoms in total. The van der Waals surface area contributed by atoms with E-state index in [0.717, 1.165) is 24.3 Å². The van der Waals surface area contributed by atoms with Crippen LogP contribution < -0.4 is 4.90 Å². The summed E-state index contributed by atoms with van der Waals surface area (Å²) in [5, 5.41) is 9.46. The number of morpholine rings is 1. The number of hydrogen-bond donors (Lipinski definition) is 1. The van der Waals surface area contributed by atoms with Gasteiger partial charge < -0.3 is 14.7 Å². The predicted octanol–water partition coefficient (Wildman–Crippen LogP) is 1.59. The van der Waals surface area contributed by atoms with Gasteiger partial charge in [-0.3, -0.25) is 0 Å². The lowest BCUT2D eigenvalue weighted by atomic mass is 10.1. The lowest BCUT2D eigenvalue weighted by molar-refractivity contribution is 0.122. The van der Waals surface area contributed by atoms with Crippen LogP contribution in [0.2, 0.25) is 0 Å². The van der Waals surface area contributed by atoms with Crippen LogP contribution in [0.1, 0.15) is 12.5 Å². The third kappa shape index (κ3) is 3.17. The monoisotopic (exact) mass is 239 g/mol. The molecule has 1 heterocycles. The smallest absolute Gasteiger partial charge is 0.125 e. The number of ether oxygens (including phenoxy) is 1. The molecule has 1 aliphatic rings. The number of aliphatic hydroxyl groups excluding tert-OH is 1. The van der Waals surface area contributed by atoms with E-state index in [0.29, 0.717) is 19.6 Å². The Bertz CT molecular complexity index is 376. The van der Waals surface area contributed by atoms with Crippen LogP contribution >= 0.6 is 0 Å². The molecule has 0 radical (unpaired) electrons. The van der Waals surface area contributed by atoms with E-state index in [2.05, 4.69) is 4.90 Å². The molecular weight excluding hydrogens is 221 g/mol. The highest BCUT2D eigenvalue weighted by Gasteiger charge is 2.16.